The largest absolute Gasteiger partial charge is 0.461 e. The summed E-state index contributed by atoms with van der Waals surface area (Å²) in [6.07, 6.45) is 3.56. The van der Waals surface area contributed by atoms with Crippen LogP contribution in [0.1, 0.15) is 51.7 Å². The maximum Gasteiger partial charge on any atom is 0.459 e. The van der Waals surface area contributed by atoms with Crippen LogP contribution in [0.5, 0.6) is 5.75 Å². The maximum absolute atomic E-state index is 14.6. The minimum Gasteiger partial charge on any atom is -0.461 e. The standard InChI is InChI=1S/C29H34ClN6O7P/c1-17(28(38)40-19-10-3-2-4-11-19)35-44(39,42-21-13-7-9-18-8-5-6-12-20(18)21)43-22-14-24(41-23(22)15-37)36-16-32-25-26(31)33-29(30)34-27(25)36/h5-9,12-13,16-17,19,22-24,37H,2-4,10-11,14-15H2,1H3,(H,35,39)(H2,31,33,34)/t17-,22+,23?,24+,44?/m0/s1. The number of hydrogen-bond acceptors (Lipinski definition) is 11. The van der Waals surface area contributed by atoms with Crippen LogP contribution in [-0.2, 0) is 23.4 Å². The van der Waals surface area contributed by atoms with Crippen molar-refractivity contribution < 1.29 is 33.0 Å². The van der Waals surface area contributed by atoms with Crippen LogP contribution in [0, 0.1) is 0 Å². The fraction of sp³-hybridized carbons (Fsp3) is 0.448. The summed E-state index contributed by atoms with van der Waals surface area (Å²) in [7, 11) is -4.31. The predicted molar refractivity (Wildman–Crippen MR) is 163 cm³/mol. The first-order chi connectivity index (χ1) is 21.2. The number of rotatable bonds is 10. The van der Waals surface area contributed by atoms with Crippen molar-refractivity contribution in [2.75, 3.05) is 12.3 Å². The molecule has 2 aliphatic rings. The van der Waals surface area contributed by atoms with E-state index in [1.165, 1.54) is 6.33 Å². The number of anilines is 1. The number of carbonyl (C=O) groups is 1. The van der Waals surface area contributed by atoms with Crippen LogP contribution in [-0.4, -0.2) is 61.6 Å². The van der Waals surface area contributed by atoms with Crippen molar-refractivity contribution in [1.82, 2.24) is 24.6 Å². The van der Waals surface area contributed by atoms with Crippen LogP contribution >= 0.6 is 19.3 Å². The zero-order valence-electron chi connectivity index (χ0n) is 24.0. The van der Waals surface area contributed by atoms with Gasteiger partial charge in [0, 0.05) is 11.8 Å². The molecule has 1 saturated carbocycles. The fourth-order valence-electron chi connectivity index (χ4n) is 5.67. The van der Waals surface area contributed by atoms with Crippen molar-refractivity contribution >= 4 is 53.1 Å². The van der Waals surface area contributed by atoms with E-state index in [0.29, 0.717) is 22.3 Å². The molecule has 44 heavy (non-hydrogen) atoms. The number of nitrogens with zero attached hydrogens (tertiary/aromatic N) is 4. The molecule has 0 amide bonds. The lowest BCUT2D eigenvalue weighted by Gasteiger charge is -2.28. The zero-order valence-corrected chi connectivity index (χ0v) is 25.7. The van der Waals surface area contributed by atoms with Crippen LogP contribution in [0.4, 0.5) is 5.82 Å². The van der Waals surface area contributed by atoms with E-state index in [2.05, 4.69) is 20.0 Å². The second kappa shape index (κ2) is 13.0. The van der Waals surface area contributed by atoms with Crippen LogP contribution in [0.3, 0.4) is 0 Å². The van der Waals surface area contributed by atoms with Gasteiger partial charge < -0.3 is 24.8 Å². The minimum absolute atomic E-state index is 0.0625. The normalized spacial score (nSPS) is 23.0. The summed E-state index contributed by atoms with van der Waals surface area (Å²) in [6, 6.07) is 11.8. The van der Waals surface area contributed by atoms with Crippen molar-refractivity contribution in [3.05, 3.63) is 54.1 Å². The Morgan fingerprint density at radius 2 is 1.98 bits per heavy atom. The van der Waals surface area contributed by atoms with Gasteiger partial charge in [-0.2, -0.15) is 15.1 Å². The summed E-state index contributed by atoms with van der Waals surface area (Å²) >= 11 is 6.04. The van der Waals surface area contributed by atoms with E-state index in [1.807, 2.05) is 30.3 Å². The van der Waals surface area contributed by atoms with Crippen molar-refractivity contribution in [3.63, 3.8) is 0 Å². The molecule has 1 aliphatic carbocycles. The highest BCUT2D eigenvalue weighted by molar-refractivity contribution is 7.52. The minimum atomic E-state index is -4.31. The lowest BCUT2D eigenvalue weighted by molar-refractivity contribution is -0.152. The van der Waals surface area contributed by atoms with E-state index in [4.69, 9.17) is 35.9 Å². The molecule has 2 aromatic heterocycles. The lowest BCUT2D eigenvalue weighted by Crippen LogP contribution is -2.39. The number of nitrogens with one attached hydrogen (secondary N) is 1. The number of nitrogens with two attached hydrogens (primary N) is 1. The summed E-state index contributed by atoms with van der Waals surface area (Å²) < 4.78 is 40.2. The Morgan fingerprint density at radius 3 is 2.77 bits per heavy atom. The molecule has 0 spiro atoms. The second-order valence-corrected chi connectivity index (χ2v) is 13.0. The third-order valence-electron chi connectivity index (χ3n) is 7.87. The highest BCUT2D eigenvalue weighted by Crippen LogP contribution is 2.50. The lowest BCUT2D eigenvalue weighted by atomic mass is 9.98. The van der Waals surface area contributed by atoms with E-state index in [1.54, 1.807) is 23.6 Å². The molecule has 6 rings (SSSR count). The molecule has 5 atom stereocenters. The van der Waals surface area contributed by atoms with Gasteiger partial charge in [-0.05, 0) is 55.7 Å². The molecule has 2 aromatic carbocycles. The number of halogens is 1. The molecule has 4 N–H and O–H groups in total. The monoisotopic (exact) mass is 644 g/mol. The van der Waals surface area contributed by atoms with Crippen molar-refractivity contribution in [2.45, 2.75) is 76.0 Å². The number of hydrogen-bond donors (Lipinski definition) is 3. The Labute approximate surface area is 258 Å². The number of benzene rings is 2. The van der Waals surface area contributed by atoms with Crippen LogP contribution in [0.25, 0.3) is 21.9 Å². The first-order valence-corrected chi connectivity index (χ1v) is 16.5. The molecule has 1 saturated heterocycles. The van der Waals surface area contributed by atoms with Gasteiger partial charge in [-0.1, -0.05) is 42.8 Å². The molecule has 0 bridgehead atoms. The molecule has 0 radical (unpaired) electrons. The summed E-state index contributed by atoms with van der Waals surface area (Å²) in [5.74, 6) is -0.153. The SMILES string of the molecule is C[C@H](NP(=O)(Oc1cccc2ccccc12)O[C@@H]1C[C@H](n2cnc3c(N)nc(Cl)nc32)OC1CO)C(=O)OC1CCCCC1. The number of nitrogen functional groups attached to an aromatic ring is 1. The summed E-state index contributed by atoms with van der Waals surface area (Å²) in [4.78, 5) is 25.5. The topological polar surface area (TPSA) is 173 Å². The Hall–Kier alpha value is -3.32. The number of esters is 1. The number of aliphatic hydroxyl groups excluding tert-OH is 1. The third-order valence-corrected chi connectivity index (χ3v) is 9.73. The Balaban J connectivity index is 1.27. The molecule has 3 heterocycles. The zero-order chi connectivity index (χ0) is 30.8. The first-order valence-electron chi connectivity index (χ1n) is 14.6. The number of fused-ring (bicyclic) bond motifs is 2. The fourth-order valence-corrected chi connectivity index (χ4v) is 7.57. The molecular weight excluding hydrogens is 611 g/mol. The van der Waals surface area contributed by atoms with Crippen molar-refractivity contribution in [3.8, 4) is 5.75 Å². The molecule has 4 aromatic rings. The number of ether oxygens (including phenoxy) is 2. The van der Waals surface area contributed by atoms with Gasteiger partial charge in [0.15, 0.2) is 11.5 Å². The Morgan fingerprint density at radius 1 is 1.20 bits per heavy atom. The Bertz CT molecular complexity index is 1690. The van der Waals surface area contributed by atoms with Crippen LogP contribution < -0.4 is 15.3 Å². The smallest absolute Gasteiger partial charge is 0.459 e. The first kappa shape index (κ1) is 30.7. The highest BCUT2D eigenvalue weighted by atomic mass is 35.5. The molecule has 15 heteroatoms. The highest BCUT2D eigenvalue weighted by Gasteiger charge is 2.44. The van der Waals surface area contributed by atoms with Gasteiger partial charge in [0.25, 0.3) is 0 Å². The van der Waals surface area contributed by atoms with E-state index in [9.17, 15) is 14.5 Å². The Kier molecular flexibility index (Phi) is 9.04. The van der Waals surface area contributed by atoms with Gasteiger partial charge in [0.2, 0.25) is 5.28 Å². The number of aliphatic hydroxyl groups is 1. The van der Waals surface area contributed by atoms with Gasteiger partial charge in [-0.15, -0.1) is 0 Å². The molecule has 2 fully saturated rings. The van der Waals surface area contributed by atoms with Crippen molar-refractivity contribution in [2.24, 2.45) is 0 Å². The van der Waals surface area contributed by atoms with E-state index in [0.717, 1.165) is 37.5 Å². The molecule has 2 unspecified atom stereocenters. The second-order valence-electron chi connectivity index (χ2n) is 11.0. The van der Waals surface area contributed by atoms with Crippen molar-refractivity contribution in [1.29, 1.82) is 0 Å². The molecule has 1 aliphatic heterocycles. The van der Waals surface area contributed by atoms with Gasteiger partial charge in [0.05, 0.1) is 12.9 Å². The average molecular weight is 645 g/mol. The van der Waals surface area contributed by atoms with Gasteiger partial charge >= 0.3 is 13.7 Å². The number of aromatic nitrogens is 4. The van der Waals surface area contributed by atoms with Crippen LogP contribution in [0.2, 0.25) is 5.28 Å². The third kappa shape index (κ3) is 6.53. The number of imidazole rings is 1. The van der Waals surface area contributed by atoms with Crippen LogP contribution in [0.15, 0.2) is 48.8 Å². The van der Waals surface area contributed by atoms with Gasteiger partial charge in [0.1, 0.15) is 41.8 Å². The summed E-state index contributed by atoms with van der Waals surface area (Å²) in [5.41, 5.74) is 6.62. The maximum atomic E-state index is 14.6. The van der Waals surface area contributed by atoms with E-state index >= 15 is 0 Å². The quantitative estimate of drug-likeness (QED) is 0.121. The summed E-state index contributed by atoms with van der Waals surface area (Å²) in [5, 5.41) is 14.5. The van der Waals surface area contributed by atoms with Gasteiger partial charge in [-0.3, -0.25) is 13.9 Å². The van der Waals surface area contributed by atoms with Gasteiger partial charge in [-0.25, -0.2) is 9.55 Å². The molecule has 234 valence electrons. The molecule has 13 nitrogen and oxygen atoms in total. The summed E-state index contributed by atoms with van der Waals surface area (Å²) in [6.45, 7) is 1.11. The van der Waals surface area contributed by atoms with E-state index < -0.39 is 44.8 Å². The van der Waals surface area contributed by atoms with E-state index in [-0.39, 0.29) is 23.6 Å². The molecular formula is C29H34ClN6O7P. The number of carbonyl (C=O) groups excluding carboxylic acids is 1. The average Bonchev–Trinajstić information content (AvgIpc) is 3.61. The predicted octanol–water partition coefficient (Wildman–Crippen LogP) is 4.92.